The second-order valence-electron chi connectivity index (χ2n) is 6.33. The molecule has 1 aliphatic rings. The fourth-order valence-electron chi connectivity index (χ4n) is 3.31. The van der Waals surface area contributed by atoms with Crippen LogP contribution in [0.4, 0.5) is 0 Å². The Kier molecular flexibility index (Phi) is 4.73. The zero-order valence-electron chi connectivity index (χ0n) is 13.5. The minimum absolute atomic E-state index is 0.0000954. The molecule has 1 N–H and O–H groups in total. The lowest BCUT2D eigenvalue weighted by atomic mass is 10.0. The summed E-state index contributed by atoms with van der Waals surface area (Å²) < 4.78 is 2.88. The summed E-state index contributed by atoms with van der Waals surface area (Å²) in [4.78, 5) is 28.4. The van der Waals surface area contributed by atoms with Crippen LogP contribution in [0, 0.1) is 5.92 Å². The zero-order valence-corrected chi connectivity index (χ0v) is 13.5. The van der Waals surface area contributed by atoms with E-state index < -0.39 is 0 Å². The van der Waals surface area contributed by atoms with Crippen LogP contribution < -0.4 is 10.9 Å². The van der Waals surface area contributed by atoms with Crippen LogP contribution in [0.2, 0.25) is 0 Å². The Morgan fingerprint density at radius 1 is 1.39 bits per heavy atom. The van der Waals surface area contributed by atoms with Gasteiger partial charge in [0.15, 0.2) is 5.65 Å². The van der Waals surface area contributed by atoms with E-state index in [0.717, 1.165) is 12.3 Å². The third-order valence-corrected chi connectivity index (χ3v) is 4.62. The normalized spacial score (nSPS) is 15.3. The van der Waals surface area contributed by atoms with E-state index in [-0.39, 0.29) is 18.0 Å². The maximum atomic E-state index is 12.3. The van der Waals surface area contributed by atoms with E-state index in [2.05, 4.69) is 15.4 Å². The maximum Gasteiger partial charge on any atom is 0.264 e. The topological polar surface area (TPSA) is 81.8 Å². The number of carbonyl (C=O) groups is 1. The van der Waals surface area contributed by atoms with Crippen molar-refractivity contribution in [2.45, 2.75) is 45.1 Å². The van der Waals surface area contributed by atoms with Crippen LogP contribution in [0.3, 0.4) is 0 Å². The Hall–Kier alpha value is -2.18. The lowest BCUT2D eigenvalue weighted by Crippen LogP contribution is -2.33. The molecule has 1 saturated carbocycles. The van der Waals surface area contributed by atoms with Gasteiger partial charge in [-0.05, 0) is 18.8 Å². The summed E-state index contributed by atoms with van der Waals surface area (Å²) >= 11 is 0. The Morgan fingerprint density at radius 2 is 2.17 bits per heavy atom. The summed E-state index contributed by atoms with van der Waals surface area (Å²) in [5, 5.41) is 7.34. The van der Waals surface area contributed by atoms with Crippen molar-refractivity contribution in [2.24, 2.45) is 13.0 Å². The minimum Gasteiger partial charge on any atom is -0.355 e. The van der Waals surface area contributed by atoms with Crippen LogP contribution in [0.1, 0.15) is 38.5 Å². The quantitative estimate of drug-likeness (QED) is 0.812. The van der Waals surface area contributed by atoms with Crippen molar-refractivity contribution in [1.82, 2.24) is 24.6 Å². The molecule has 0 radical (unpaired) electrons. The molecule has 1 aliphatic carbocycles. The van der Waals surface area contributed by atoms with Crippen molar-refractivity contribution in [3.63, 3.8) is 0 Å². The van der Waals surface area contributed by atoms with E-state index in [9.17, 15) is 9.59 Å². The van der Waals surface area contributed by atoms with Gasteiger partial charge in [0.05, 0.1) is 6.20 Å². The standard InChI is InChI=1S/C16H23N5O2/c1-20-15-13(9-19-20)16(23)21(11-18-15)10-14(22)17-8-4-7-12-5-2-3-6-12/h9,11-12H,2-8,10H2,1H3,(H,17,22). The van der Waals surface area contributed by atoms with Gasteiger partial charge >= 0.3 is 0 Å². The van der Waals surface area contributed by atoms with E-state index in [1.54, 1.807) is 11.7 Å². The minimum atomic E-state index is -0.232. The largest absolute Gasteiger partial charge is 0.355 e. The molecule has 2 aromatic rings. The molecule has 2 heterocycles. The molecule has 0 saturated heterocycles. The number of nitrogens with zero attached hydrogens (tertiary/aromatic N) is 4. The van der Waals surface area contributed by atoms with Gasteiger partial charge in [0.25, 0.3) is 5.56 Å². The van der Waals surface area contributed by atoms with Gasteiger partial charge < -0.3 is 5.32 Å². The first kappa shape index (κ1) is 15.7. The van der Waals surface area contributed by atoms with Crippen LogP contribution in [0.5, 0.6) is 0 Å². The number of hydrogen-bond donors (Lipinski definition) is 1. The molecule has 1 fully saturated rings. The highest BCUT2D eigenvalue weighted by Gasteiger charge is 2.14. The fraction of sp³-hybridized carbons (Fsp3) is 0.625. The number of aromatic nitrogens is 4. The van der Waals surface area contributed by atoms with Gasteiger partial charge in [-0.2, -0.15) is 5.10 Å². The molecule has 0 atom stereocenters. The summed E-state index contributed by atoms with van der Waals surface area (Å²) in [5.74, 6) is 0.690. The van der Waals surface area contributed by atoms with Crippen molar-refractivity contribution >= 4 is 16.9 Å². The molecular formula is C16H23N5O2. The Labute approximate surface area is 134 Å². The van der Waals surface area contributed by atoms with Gasteiger partial charge in [0.1, 0.15) is 18.3 Å². The molecule has 0 spiro atoms. The molecule has 124 valence electrons. The molecule has 3 rings (SSSR count). The van der Waals surface area contributed by atoms with Gasteiger partial charge in [0.2, 0.25) is 5.91 Å². The Bertz CT molecular complexity index is 742. The average Bonchev–Trinajstić information content (AvgIpc) is 3.17. The van der Waals surface area contributed by atoms with Crippen LogP contribution >= 0.6 is 0 Å². The molecule has 2 aromatic heterocycles. The monoisotopic (exact) mass is 317 g/mol. The van der Waals surface area contributed by atoms with Crippen LogP contribution in [0.15, 0.2) is 17.3 Å². The number of hydrogen-bond acceptors (Lipinski definition) is 4. The lowest BCUT2D eigenvalue weighted by Gasteiger charge is -2.10. The maximum absolute atomic E-state index is 12.3. The first-order chi connectivity index (χ1) is 11.1. The highest BCUT2D eigenvalue weighted by atomic mass is 16.2. The molecule has 0 aromatic carbocycles. The van der Waals surface area contributed by atoms with Gasteiger partial charge in [-0.25, -0.2) is 4.98 Å². The van der Waals surface area contributed by atoms with Crippen LogP contribution in [0.25, 0.3) is 11.0 Å². The summed E-state index contributed by atoms with van der Waals surface area (Å²) in [6.45, 7) is 0.673. The molecule has 0 bridgehead atoms. The van der Waals surface area contributed by atoms with Crippen LogP contribution in [-0.2, 0) is 18.4 Å². The van der Waals surface area contributed by atoms with Crippen molar-refractivity contribution < 1.29 is 4.79 Å². The SMILES string of the molecule is Cn1ncc2c(=O)n(CC(=O)NCCCC3CCCC3)cnc21. The first-order valence-corrected chi connectivity index (χ1v) is 8.29. The van der Waals surface area contributed by atoms with Gasteiger partial charge in [0, 0.05) is 13.6 Å². The lowest BCUT2D eigenvalue weighted by molar-refractivity contribution is -0.121. The van der Waals surface area contributed by atoms with E-state index in [1.165, 1.54) is 49.2 Å². The third kappa shape index (κ3) is 3.60. The predicted octanol–water partition coefficient (Wildman–Crippen LogP) is 1.22. The van der Waals surface area contributed by atoms with E-state index in [4.69, 9.17) is 0 Å². The second kappa shape index (κ2) is 6.93. The van der Waals surface area contributed by atoms with Crippen molar-refractivity contribution in [2.75, 3.05) is 6.54 Å². The third-order valence-electron chi connectivity index (χ3n) is 4.62. The predicted molar refractivity (Wildman–Crippen MR) is 87.0 cm³/mol. The molecular weight excluding hydrogens is 294 g/mol. The number of nitrogens with one attached hydrogen (secondary N) is 1. The molecule has 7 nitrogen and oxygen atoms in total. The summed E-state index contributed by atoms with van der Waals surface area (Å²) in [6, 6.07) is 0. The van der Waals surface area contributed by atoms with E-state index in [0.29, 0.717) is 17.6 Å². The number of carbonyl (C=O) groups excluding carboxylic acids is 1. The van der Waals surface area contributed by atoms with Crippen molar-refractivity contribution in [3.05, 3.63) is 22.9 Å². The number of fused-ring (bicyclic) bond motifs is 1. The Morgan fingerprint density at radius 3 is 2.96 bits per heavy atom. The highest BCUT2D eigenvalue weighted by molar-refractivity contribution is 5.77. The van der Waals surface area contributed by atoms with Gasteiger partial charge in [-0.15, -0.1) is 0 Å². The zero-order chi connectivity index (χ0) is 16.2. The Balaban J connectivity index is 1.51. The molecule has 7 heteroatoms. The fourth-order valence-corrected chi connectivity index (χ4v) is 3.31. The van der Waals surface area contributed by atoms with E-state index >= 15 is 0 Å². The number of rotatable bonds is 6. The highest BCUT2D eigenvalue weighted by Crippen LogP contribution is 2.28. The van der Waals surface area contributed by atoms with Crippen LogP contribution in [-0.4, -0.2) is 31.8 Å². The molecule has 0 aliphatic heterocycles. The molecule has 23 heavy (non-hydrogen) atoms. The number of aryl methyl sites for hydroxylation is 1. The molecule has 1 amide bonds. The molecule has 0 unspecified atom stereocenters. The summed E-state index contributed by atoms with van der Waals surface area (Å²) in [6.07, 6.45) is 10.5. The second-order valence-corrected chi connectivity index (χ2v) is 6.33. The first-order valence-electron chi connectivity index (χ1n) is 8.29. The van der Waals surface area contributed by atoms with Crippen molar-refractivity contribution in [3.8, 4) is 0 Å². The average molecular weight is 317 g/mol. The van der Waals surface area contributed by atoms with Crippen molar-refractivity contribution in [1.29, 1.82) is 0 Å². The van der Waals surface area contributed by atoms with Gasteiger partial charge in [-0.1, -0.05) is 25.7 Å². The smallest absolute Gasteiger partial charge is 0.264 e. The summed E-state index contributed by atoms with van der Waals surface area (Å²) in [5.41, 5.74) is 0.299. The van der Waals surface area contributed by atoms with E-state index in [1.807, 2.05) is 0 Å². The summed E-state index contributed by atoms with van der Waals surface area (Å²) in [7, 11) is 1.73. The number of amides is 1. The van der Waals surface area contributed by atoms with Gasteiger partial charge in [-0.3, -0.25) is 18.8 Å².